The van der Waals surface area contributed by atoms with Gasteiger partial charge in [-0.3, -0.25) is 0 Å². The fourth-order valence-corrected chi connectivity index (χ4v) is 2.45. The highest BCUT2D eigenvalue weighted by atomic mass is 79.9. The Morgan fingerprint density at radius 2 is 1.95 bits per heavy atom. The van der Waals surface area contributed by atoms with E-state index in [-0.39, 0.29) is 4.47 Å². The third kappa shape index (κ3) is 2.80. The molecule has 1 N–H and O–H groups in total. The monoisotopic (exact) mass is 324 g/mol. The fourth-order valence-electron chi connectivity index (χ4n) is 1.97. The number of hydrogen-bond donors (Lipinski definition) is 1. The average molecular weight is 325 g/mol. The molecule has 2 rings (SSSR count). The van der Waals surface area contributed by atoms with Crippen molar-refractivity contribution in [3.8, 4) is 5.75 Å². The van der Waals surface area contributed by atoms with E-state index >= 15 is 0 Å². The maximum absolute atomic E-state index is 13.5. The van der Waals surface area contributed by atoms with Gasteiger partial charge in [0.25, 0.3) is 0 Å². The normalized spacial score (nSPS) is 12.3. The van der Waals surface area contributed by atoms with Gasteiger partial charge in [-0.25, -0.2) is 4.39 Å². The summed E-state index contributed by atoms with van der Waals surface area (Å²) in [6, 6.07) is 10.1. The molecule has 19 heavy (non-hydrogen) atoms. The van der Waals surface area contributed by atoms with Crippen molar-refractivity contribution in [2.24, 2.45) is 0 Å². The molecule has 0 aliphatic rings. The summed E-state index contributed by atoms with van der Waals surface area (Å²) < 4.78 is 19.0. The molecule has 0 spiro atoms. The summed E-state index contributed by atoms with van der Waals surface area (Å²) in [4.78, 5) is 0. The molecule has 1 atom stereocenters. The molecule has 2 nitrogen and oxygen atoms in total. The number of rotatable bonds is 3. The third-order valence-corrected chi connectivity index (χ3v) is 3.79. The minimum Gasteiger partial charge on any atom is -0.496 e. The van der Waals surface area contributed by atoms with Crippen molar-refractivity contribution >= 4 is 15.9 Å². The van der Waals surface area contributed by atoms with Crippen molar-refractivity contribution < 1.29 is 14.2 Å². The Hall–Kier alpha value is -1.39. The predicted molar refractivity (Wildman–Crippen MR) is 75.9 cm³/mol. The number of halogens is 2. The molecule has 0 saturated heterocycles. The van der Waals surface area contributed by atoms with Crippen LogP contribution in [0.5, 0.6) is 5.75 Å². The summed E-state index contributed by atoms with van der Waals surface area (Å²) in [7, 11) is 1.54. The molecule has 0 radical (unpaired) electrons. The fraction of sp³-hybridized carbons (Fsp3) is 0.200. The zero-order valence-electron chi connectivity index (χ0n) is 10.7. The van der Waals surface area contributed by atoms with Crippen molar-refractivity contribution in [3.05, 3.63) is 63.4 Å². The Labute approximate surface area is 120 Å². The maximum atomic E-state index is 13.5. The van der Waals surface area contributed by atoms with Gasteiger partial charge in [0.15, 0.2) is 0 Å². The van der Waals surface area contributed by atoms with Crippen LogP contribution >= 0.6 is 15.9 Å². The van der Waals surface area contributed by atoms with Crippen LogP contribution < -0.4 is 4.74 Å². The molecular formula is C15H14BrFO2. The summed E-state index contributed by atoms with van der Waals surface area (Å²) >= 11 is 3.17. The Kier molecular flexibility index (Phi) is 4.22. The highest BCUT2D eigenvalue weighted by molar-refractivity contribution is 9.10. The minimum atomic E-state index is -0.945. The molecule has 4 heteroatoms. The van der Waals surface area contributed by atoms with E-state index in [1.54, 1.807) is 25.3 Å². The van der Waals surface area contributed by atoms with Crippen molar-refractivity contribution in [2.45, 2.75) is 13.0 Å². The van der Waals surface area contributed by atoms with Crippen LogP contribution in [0.15, 0.2) is 40.9 Å². The van der Waals surface area contributed by atoms with Gasteiger partial charge in [0, 0.05) is 11.1 Å². The summed E-state index contributed by atoms with van der Waals surface area (Å²) in [5.41, 5.74) is 2.10. The highest BCUT2D eigenvalue weighted by Gasteiger charge is 2.19. The first-order chi connectivity index (χ1) is 9.04. The first-order valence-electron chi connectivity index (χ1n) is 5.81. The standard InChI is InChI=1S/C15H14BrFO2/c1-9-6-7-13(19-2)11(8-9)15(18)10-4-3-5-12(17)14(10)16/h3-8,15,18H,1-2H3. The van der Waals surface area contributed by atoms with Crippen LogP contribution in [0, 0.1) is 12.7 Å². The van der Waals surface area contributed by atoms with Crippen molar-refractivity contribution in [1.82, 2.24) is 0 Å². The molecule has 0 aliphatic heterocycles. The maximum Gasteiger partial charge on any atom is 0.137 e. The Bertz CT molecular complexity index is 599. The summed E-state index contributed by atoms with van der Waals surface area (Å²) in [5.74, 6) is 0.178. The molecule has 100 valence electrons. The predicted octanol–water partition coefficient (Wildman–Crippen LogP) is 3.99. The molecule has 1 unspecified atom stereocenters. The molecule has 2 aromatic rings. The number of aliphatic hydroxyl groups excluding tert-OH is 1. The van der Waals surface area contributed by atoms with E-state index in [0.717, 1.165) is 5.56 Å². The van der Waals surface area contributed by atoms with Crippen molar-refractivity contribution in [1.29, 1.82) is 0 Å². The number of ether oxygens (including phenoxy) is 1. The Morgan fingerprint density at radius 1 is 1.21 bits per heavy atom. The lowest BCUT2D eigenvalue weighted by molar-refractivity contribution is 0.213. The molecule has 0 saturated carbocycles. The lowest BCUT2D eigenvalue weighted by Crippen LogP contribution is -2.04. The van der Waals surface area contributed by atoms with Gasteiger partial charge in [0.05, 0.1) is 11.6 Å². The van der Waals surface area contributed by atoms with Gasteiger partial charge in [-0.15, -0.1) is 0 Å². The zero-order valence-corrected chi connectivity index (χ0v) is 12.2. The van der Waals surface area contributed by atoms with Gasteiger partial charge in [-0.05, 0) is 41.1 Å². The summed E-state index contributed by atoms with van der Waals surface area (Å²) in [6.45, 7) is 1.93. The highest BCUT2D eigenvalue weighted by Crippen LogP contribution is 2.35. The molecule has 0 amide bonds. The smallest absolute Gasteiger partial charge is 0.137 e. The quantitative estimate of drug-likeness (QED) is 0.925. The third-order valence-electron chi connectivity index (χ3n) is 2.96. The SMILES string of the molecule is COc1ccc(C)cc1C(O)c1cccc(F)c1Br. The average Bonchev–Trinajstić information content (AvgIpc) is 2.41. The van der Waals surface area contributed by atoms with E-state index in [4.69, 9.17) is 4.74 Å². The van der Waals surface area contributed by atoms with E-state index in [1.165, 1.54) is 6.07 Å². The molecular weight excluding hydrogens is 311 g/mol. The first kappa shape index (κ1) is 14.0. The van der Waals surface area contributed by atoms with Gasteiger partial charge < -0.3 is 9.84 Å². The Morgan fingerprint density at radius 3 is 2.63 bits per heavy atom. The summed E-state index contributed by atoms with van der Waals surface area (Å²) in [6.07, 6.45) is -0.945. The lowest BCUT2D eigenvalue weighted by atomic mass is 9.99. The molecule has 0 aromatic heterocycles. The lowest BCUT2D eigenvalue weighted by Gasteiger charge is -2.17. The second-order valence-corrected chi connectivity index (χ2v) is 5.08. The summed E-state index contributed by atoms with van der Waals surface area (Å²) in [5, 5.41) is 10.5. The second kappa shape index (κ2) is 5.72. The van der Waals surface area contributed by atoms with Crippen LogP contribution in [-0.2, 0) is 0 Å². The molecule has 0 bridgehead atoms. The van der Waals surface area contributed by atoms with Crippen LogP contribution in [0.4, 0.5) is 4.39 Å². The zero-order chi connectivity index (χ0) is 14.0. The number of hydrogen-bond acceptors (Lipinski definition) is 2. The largest absolute Gasteiger partial charge is 0.496 e. The van der Waals surface area contributed by atoms with E-state index in [1.807, 2.05) is 19.1 Å². The number of methoxy groups -OCH3 is 1. The van der Waals surface area contributed by atoms with Gasteiger partial charge >= 0.3 is 0 Å². The van der Waals surface area contributed by atoms with Gasteiger partial charge in [-0.1, -0.05) is 23.8 Å². The number of aliphatic hydroxyl groups is 1. The molecule has 2 aromatic carbocycles. The molecule has 0 heterocycles. The van der Waals surface area contributed by atoms with Crippen LogP contribution in [-0.4, -0.2) is 12.2 Å². The van der Waals surface area contributed by atoms with Gasteiger partial charge in [0.1, 0.15) is 17.7 Å². The van der Waals surface area contributed by atoms with Crippen LogP contribution in [0.2, 0.25) is 0 Å². The van der Waals surface area contributed by atoms with E-state index in [2.05, 4.69) is 15.9 Å². The van der Waals surface area contributed by atoms with Crippen molar-refractivity contribution in [2.75, 3.05) is 7.11 Å². The van der Waals surface area contributed by atoms with Crippen LogP contribution in [0.25, 0.3) is 0 Å². The minimum absolute atomic E-state index is 0.269. The van der Waals surface area contributed by atoms with Crippen LogP contribution in [0.1, 0.15) is 22.8 Å². The second-order valence-electron chi connectivity index (χ2n) is 4.29. The first-order valence-corrected chi connectivity index (χ1v) is 6.60. The Balaban J connectivity index is 2.52. The number of benzene rings is 2. The van der Waals surface area contributed by atoms with Gasteiger partial charge in [-0.2, -0.15) is 0 Å². The molecule has 0 aliphatic carbocycles. The number of aryl methyl sites for hydroxylation is 1. The van der Waals surface area contributed by atoms with E-state index in [9.17, 15) is 9.50 Å². The van der Waals surface area contributed by atoms with Gasteiger partial charge in [0.2, 0.25) is 0 Å². The molecule has 0 fully saturated rings. The van der Waals surface area contributed by atoms with E-state index < -0.39 is 11.9 Å². The van der Waals surface area contributed by atoms with Crippen molar-refractivity contribution in [3.63, 3.8) is 0 Å². The van der Waals surface area contributed by atoms with Crippen LogP contribution in [0.3, 0.4) is 0 Å². The topological polar surface area (TPSA) is 29.5 Å². The van der Waals surface area contributed by atoms with E-state index in [0.29, 0.717) is 16.9 Å².